The minimum absolute atomic E-state index is 0.626. The van der Waals surface area contributed by atoms with Crippen LogP contribution >= 0.6 is 16.1 Å². The fraction of sp³-hybridized carbons (Fsp3) is 0. The summed E-state index contributed by atoms with van der Waals surface area (Å²) in [5.41, 5.74) is 4.23. The first-order chi connectivity index (χ1) is 9.88. The summed E-state index contributed by atoms with van der Waals surface area (Å²) in [7, 11) is -2.79. The van der Waals surface area contributed by atoms with Gasteiger partial charge in [-0.1, -0.05) is 0 Å². The second-order valence-electron chi connectivity index (χ2n) is 4.88. The first kappa shape index (κ1) is 8.90. The SMILES string of the molecule is c1cc2c3c4op(oc14)oc1c4op5oc4c(o5)c2c13. The van der Waals surface area contributed by atoms with Crippen LogP contribution in [-0.2, 0) is 0 Å². The molecule has 7 aromatic rings. The summed E-state index contributed by atoms with van der Waals surface area (Å²) in [5, 5.41) is 4.16. The Morgan fingerprint density at radius 2 is 1.15 bits per heavy atom. The van der Waals surface area contributed by atoms with E-state index >= 15 is 0 Å². The summed E-state index contributed by atoms with van der Waals surface area (Å²) < 4.78 is 34.3. The van der Waals surface area contributed by atoms with Gasteiger partial charge < -0.3 is 25.2 Å². The van der Waals surface area contributed by atoms with E-state index in [0.717, 1.165) is 38.3 Å². The molecule has 0 aliphatic carbocycles. The van der Waals surface area contributed by atoms with E-state index in [1.54, 1.807) is 0 Å². The maximum Gasteiger partial charge on any atom is 0.453 e. The number of hydrogen-bond acceptors (Lipinski definition) is 6. The molecule has 0 fully saturated rings. The maximum absolute atomic E-state index is 5.89. The summed E-state index contributed by atoms with van der Waals surface area (Å²) >= 11 is 0. The summed E-state index contributed by atoms with van der Waals surface area (Å²) in [6.07, 6.45) is 0. The Kier molecular flexibility index (Phi) is 1.07. The van der Waals surface area contributed by atoms with Gasteiger partial charge in [-0.2, -0.15) is 0 Å². The Labute approximate surface area is 109 Å². The van der Waals surface area contributed by atoms with Gasteiger partial charge in [-0.25, -0.2) is 0 Å². The molecule has 0 saturated heterocycles. The third-order valence-electron chi connectivity index (χ3n) is 3.97. The molecule has 0 saturated carbocycles. The fourth-order valence-corrected chi connectivity index (χ4v) is 5.32. The smallest absolute Gasteiger partial charge is 0.387 e. The zero-order valence-corrected chi connectivity index (χ0v) is 11.3. The molecule has 4 heterocycles. The maximum atomic E-state index is 5.89. The average molecular weight is 304 g/mol. The van der Waals surface area contributed by atoms with Gasteiger partial charge in [0.2, 0.25) is 11.2 Å². The third kappa shape index (κ3) is 0.695. The van der Waals surface area contributed by atoms with E-state index in [-0.39, 0.29) is 0 Å². The van der Waals surface area contributed by atoms with Gasteiger partial charge in [-0.3, -0.25) is 0 Å². The van der Waals surface area contributed by atoms with Crippen molar-refractivity contribution in [3.8, 4) is 0 Å². The van der Waals surface area contributed by atoms with Gasteiger partial charge in [0.15, 0.2) is 22.3 Å². The largest absolute Gasteiger partial charge is 0.453 e. The van der Waals surface area contributed by atoms with Crippen molar-refractivity contribution in [2.45, 2.75) is 0 Å². The molecule has 0 N–H and O–H groups in total. The van der Waals surface area contributed by atoms with Crippen LogP contribution in [0.4, 0.5) is 0 Å². The average Bonchev–Trinajstić information content (AvgIpc) is 3.08. The van der Waals surface area contributed by atoms with Gasteiger partial charge in [0.1, 0.15) is 0 Å². The number of rotatable bonds is 0. The van der Waals surface area contributed by atoms with Crippen molar-refractivity contribution in [1.82, 2.24) is 0 Å². The predicted molar refractivity (Wildman–Crippen MR) is 72.6 cm³/mol. The van der Waals surface area contributed by atoms with Crippen LogP contribution in [-0.4, -0.2) is 0 Å². The highest BCUT2D eigenvalue weighted by Crippen LogP contribution is 2.55. The molecule has 6 nitrogen and oxygen atoms in total. The van der Waals surface area contributed by atoms with Crippen LogP contribution in [0, 0.1) is 0 Å². The molecule has 0 radical (unpaired) electrons. The lowest BCUT2D eigenvalue weighted by molar-refractivity contribution is 0.585. The van der Waals surface area contributed by atoms with Crippen LogP contribution in [0.15, 0.2) is 37.3 Å². The molecule has 7 rings (SSSR count). The van der Waals surface area contributed by atoms with Crippen molar-refractivity contribution in [3.05, 3.63) is 12.1 Å². The highest BCUT2D eigenvalue weighted by molar-refractivity contribution is 7.27. The van der Waals surface area contributed by atoms with Crippen LogP contribution in [0.2, 0.25) is 0 Å². The fourth-order valence-electron chi connectivity index (χ4n) is 3.18. The number of benzene rings is 2. The molecule has 96 valence electrons. The molecule has 2 unspecified atom stereocenters. The van der Waals surface area contributed by atoms with Gasteiger partial charge in [-0.05, 0) is 17.5 Å². The van der Waals surface area contributed by atoms with Crippen LogP contribution in [0.25, 0.3) is 55.0 Å². The Bertz CT molecular complexity index is 1400. The van der Waals surface area contributed by atoms with Crippen LogP contribution in [0.3, 0.4) is 0 Å². The van der Waals surface area contributed by atoms with Gasteiger partial charge >= 0.3 is 16.1 Å². The third-order valence-corrected chi connectivity index (χ3v) is 5.97. The summed E-state index contributed by atoms with van der Waals surface area (Å²) in [6, 6.07) is 3.94. The molecule has 2 atom stereocenters. The lowest BCUT2D eigenvalue weighted by atomic mass is 9.92. The molecule has 20 heavy (non-hydrogen) atoms. The standard InChI is InChI=1S/C12H2O6P2/c1-2-4-8-5-3(1)6-7(5)10(16-19(13-4)14-8)12-11-9(6)15-20(17-11)18-12/h1-2H. The van der Waals surface area contributed by atoms with E-state index in [1.807, 2.05) is 12.1 Å². The summed E-state index contributed by atoms with van der Waals surface area (Å²) in [6.45, 7) is 0. The monoisotopic (exact) mass is 304 g/mol. The first-order valence-electron chi connectivity index (χ1n) is 5.98. The van der Waals surface area contributed by atoms with Crippen molar-refractivity contribution in [2.24, 2.45) is 0 Å². The molecule has 3 aromatic carbocycles. The normalized spacial score (nSPS) is 15.8. The van der Waals surface area contributed by atoms with Gasteiger partial charge in [-0.15, -0.1) is 0 Å². The minimum atomic E-state index is -1.45. The van der Waals surface area contributed by atoms with Crippen molar-refractivity contribution in [1.29, 1.82) is 0 Å². The second-order valence-corrected chi connectivity index (χ2v) is 6.87. The molecule has 8 heteroatoms. The zero-order chi connectivity index (χ0) is 12.6. The van der Waals surface area contributed by atoms with Crippen molar-refractivity contribution in [3.63, 3.8) is 0 Å². The Morgan fingerprint density at radius 3 is 1.95 bits per heavy atom. The quantitative estimate of drug-likeness (QED) is 0.333. The Morgan fingerprint density at radius 1 is 0.550 bits per heavy atom. The highest BCUT2D eigenvalue weighted by Gasteiger charge is 2.31. The predicted octanol–water partition coefficient (Wildman–Crippen LogP) is 6.17. The van der Waals surface area contributed by atoms with Crippen LogP contribution < -0.4 is 0 Å². The topological polar surface area (TPSA) is 78.8 Å². The Hall–Kier alpha value is -2.16. The molecule has 0 aliphatic heterocycles. The van der Waals surface area contributed by atoms with Crippen molar-refractivity contribution >= 4 is 71.2 Å². The molecule has 0 aliphatic rings. The number of fused-ring (bicyclic) bond motifs is 5. The zero-order valence-electron chi connectivity index (χ0n) is 9.50. The van der Waals surface area contributed by atoms with Gasteiger partial charge in [0.05, 0.1) is 0 Å². The first-order valence-corrected chi connectivity index (χ1v) is 8.17. The van der Waals surface area contributed by atoms with Gasteiger partial charge in [0.25, 0.3) is 0 Å². The highest BCUT2D eigenvalue weighted by atomic mass is 31.1. The summed E-state index contributed by atoms with van der Waals surface area (Å²) in [4.78, 5) is 0. The van der Waals surface area contributed by atoms with E-state index in [4.69, 9.17) is 25.2 Å². The summed E-state index contributed by atoms with van der Waals surface area (Å²) in [5.74, 6) is 0. The van der Waals surface area contributed by atoms with E-state index < -0.39 is 16.1 Å². The van der Waals surface area contributed by atoms with E-state index in [2.05, 4.69) is 0 Å². The molecular weight excluding hydrogens is 302 g/mol. The lowest BCUT2D eigenvalue weighted by Crippen LogP contribution is -1.88. The van der Waals surface area contributed by atoms with E-state index in [0.29, 0.717) is 16.7 Å². The molecular formula is C12H2O6P2. The minimum Gasteiger partial charge on any atom is -0.387 e. The van der Waals surface area contributed by atoms with Crippen LogP contribution in [0.1, 0.15) is 0 Å². The second kappa shape index (κ2) is 2.41. The van der Waals surface area contributed by atoms with Gasteiger partial charge in [0, 0.05) is 16.2 Å². The molecule has 4 bridgehead atoms. The molecule has 0 amide bonds. The Balaban J connectivity index is 2.09. The van der Waals surface area contributed by atoms with E-state index in [1.165, 1.54) is 0 Å². The van der Waals surface area contributed by atoms with Crippen LogP contribution in [0.5, 0.6) is 0 Å². The van der Waals surface area contributed by atoms with E-state index in [9.17, 15) is 0 Å². The lowest BCUT2D eigenvalue weighted by Gasteiger charge is -2.11. The van der Waals surface area contributed by atoms with Crippen molar-refractivity contribution in [2.75, 3.05) is 0 Å². The molecule has 4 aromatic heterocycles. The number of hydrogen-bond donors (Lipinski definition) is 0. The van der Waals surface area contributed by atoms with Crippen molar-refractivity contribution < 1.29 is 25.2 Å². The molecule has 0 spiro atoms.